The van der Waals surface area contributed by atoms with Crippen molar-refractivity contribution >= 4 is 13.6 Å². The molecule has 0 radical (unpaired) electrons. The van der Waals surface area contributed by atoms with Crippen LogP contribution >= 0.6 is 7.60 Å². The smallest absolute Gasteiger partial charge is 0.377 e. The summed E-state index contributed by atoms with van der Waals surface area (Å²) >= 11 is 0. The zero-order chi connectivity index (χ0) is 12.9. The molecule has 0 saturated carbocycles. The molecule has 0 amide bonds. The Bertz CT molecular complexity index is 344. The largest absolute Gasteiger partial charge is 0.442 e. The molecule has 0 saturated heterocycles. The summed E-state index contributed by atoms with van der Waals surface area (Å²) < 4.78 is 27.8. The molecule has 5 nitrogen and oxygen atoms in total. The summed E-state index contributed by atoms with van der Waals surface area (Å²) in [6.45, 7) is 1.29. The molecule has 0 N–H and O–H groups in total. The van der Waals surface area contributed by atoms with Crippen LogP contribution in [-0.4, -0.2) is 25.5 Å². The highest BCUT2D eigenvalue weighted by molar-refractivity contribution is 7.55. The zero-order valence-electron chi connectivity index (χ0n) is 10.5. The summed E-state index contributed by atoms with van der Waals surface area (Å²) in [5.74, 6) is -0.495. The van der Waals surface area contributed by atoms with Crippen LogP contribution in [0.3, 0.4) is 0 Å². The van der Waals surface area contributed by atoms with Gasteiger partial charge in [-0.1, -0.05) is 6.08 Å². The topological polar surface area (TPSA) is 61.8 Å². The lowest BCUT2D eigenvalue weighted by molar-refractivity contribution is -0.148. The van der Waals surface area contributed by atoms with Gasteiger partial charge in [-0.2, -0.15) is 0 Å². The summed E-state index contributed by atoms with van der Waals surface area (Å²) in [7, 11) is -0.899. The first kappa shape index (κ1) is 14.4. The van der Waals surface area contributed by atoms with Crippen LogP contribution in [0.1, 0.15) is 32.6 Å². The van der Waals surface area contributed by atoms with Gasteiger partial charge in [0.2, 0.25) is 5.34 Å². The summed E-state index contributed by atoms with van der Waals surface area (Å²) in [5.41, 5.74) is 0. The first-order valence-electron chi connectivity index (χ1n) is 5.58. The van der Waals surface area contributed by atoms with Gasteiger partial charge in [-0.15, -0.1) is 0 Å². The second-order valence-electron chi connectivity index (χ2n) is 3.95. The molecule has 0 aromatic heterocycles. The second-order valence-corrected chi connectivity index (χ2v) is 6.43. The molecule has 1 unspecified atom stereocenters. The third-order valence-corrected chi connectivity index (χ3v) is 5.15. The molecule has 1 rings (SSSR count). The van der Waals surface area contributed by atoms with Crippen molar-refractivity contribution < 1.29 is 23.1 Å². The lowest BCUT2D eigenvalue weighted by atomic mass is 10.2. The molecule has 0 spiro atoms. The maximum absolute atomic E-state index is 12.5. The fraction of sp³-hybridized carbons (Fsp3) is 0.727. The van der Waals surface area contributed by atoms with Gasteiger partial charge < -0.3 is 13.8 Å². The van der Waals surface area contributed by atoms with Crippen LogP contribution in [0.5, 0.6) is 0 Å². The average Bonchev–Trinajstić information content (AvgIpc) is 2.54. The van der Waals surface area contributed by atoms with E-state index >= 15 is 0 Å². The van der Waals surface area contributed by atoms with Gasteiger partial charge >= 0.3 is 13.6 Å². The molecule has 0 aliphatic heterocycles. The van der Waals surface area contributed by atoms with E-state index in [2.05, 4.69) is 0 Å². The van der Waals surface area contributed by atoms with Crippen molar-refractivity contribution in [3.63, 3.8) is 0 Å². The number of carbonyl (C=O) groups excluding carboxylic acids is 1. The van der Waals surface area contributed by atoms with Crippen molar-refractivity contribution in [2.75, 3.05) is 14.2 Å². The van der Waals surface area contributed by atoms with E-state index in [-0.39, 0.29) is 0 Å². The number of ether oxygens (including phenoxy) is 1. The Labute approximate surface area is 102 Å². The minimum absolute atomic E-state index is 0.446. The number of hydrogen-bond acceptors (Lipinski definition) is 5. The van der Waals surface area contributed by atoms with Crippen molar-refractivity contribution in [1.82, 2.24) is 0 Å². The van der Waals surface area contributed by atoms with Crippen LogP contribution in [0.4, 0.5) is 0 Å². The molecule has 0 bridgehead atoms. The highest BCUT2D eigenvalue weighted by atomic mass is 31.2. The third-order valence-electron chi connectivity index (χ3n) is 2.80. The van der Waals surface area contributed by atoms with E-state index in [0.29, 0.717) is 6.42 Å². The first-order chi connectivity index (χ1) is 7.99. The summed E-state index contributed by atoms with van der Waals surface area (Å²) in [6.07, 6.45) is 6.60. The van der Waals surface area contributed by atoms with Crippen LogP contribution in [0.25, 0.3) is 0 Å². The maximum Gasteiger partial charge on any atom is 0.377 e. The van der Waals surface area contributed by atoms with Gasteiger partial charge in [-0.25, -0.2) is 0 Å². The van der Waals surface area contributed by atoms with Gasteiger partial charge in [0.15, 0.2) is 0 Å². The van der Waals surface area contributed by atoms with Crippen LogP contribution in [0, 0.1) is 0 Å². The normalized spacial score (nSPS) is 25.4. The summed E-state index contributed by atoms with van der Waals surface area (Å²) in [4.78, 5) is 11.2. The van der Waals surface area contributed by atoms with Crippen molar-refractivity contribution in [3.05, 3.63) is 12.2 Å². The first-order valence-corrected chi connectivity index (χ1v) is 7.13. The molecule has 0 fully saturated rings. The SMILES string of the molecule is COP(=O)(OC)C1(OC(C)=O)C=CCCCC1. The van der Waals surface area contributed by atoms with Gasteiger partial charge in [0.1, 0.15) is 0 Å². The molecule has 17 heavy (non-hydrogen) atoms. The molecular weight excluding hydrogens is 243 g/mol. The van der Waals surface area contributed by atoms with Crippen LogP contribution in [0.15, 0.2) is 12.2 Å². The predicted molar refractivity (Wildman–Crippen MR) is 63.7 cm³/mol. The zero-order valence-corrected chi connectivity index (χ0v) is 11.4. The van der Waals surface area contributed by atoms with Crippen LogP contribution in [-0.2, 0) is 23.1 Å². The van der Waals surface area contributed by atoms with Crippen molar-refractivity contribution in [2.24, 2.45) is 0 Å². The lowest BCUT2D eigenvalue weighted by Gasteiger charge is -2.34. The van der Waals surface area contributed by atoms with Gasteiger partial charge in [0.25, 0.3) is 0 Å². The highest BCUT2D eigenvalue weighted by Crippen LogP contribution is 2.62. The van der Waals surface area contributed by atoms with Crippen molar-refractivity contribution in [3.8, 4) is 0 Å². The van der Waals surface area contributed by atoms with E-state index in [1.165, 1.54) is 21.1 Å². The predicted octanol–water partition coefficient (Wildman–Crippen LogP) is 2.86. The Kier molecular flexibility index (Phi) is 4.92. The Morgan fingerprint density at radius 2 is 1.94 bits per heavy atom. The van der Waals surface area contributed by atoms with E-state index in [1.807, 2.05) is 6.08 Å². The Morgan fingerprint density at radius 1 is 1.29 bits per heavy atom. The van der Waals surface area contributed by atoms with E-state index in [4.69, 9.17) is 13.8 Å². The second kappa shape index (κ2) is 5.80. The van der Waals surface area contributed by atoms with Gasteiger partial charge in [0.05, 0.1) is 0 Å². The Morgan fingerprint density at radius 3 is 2.47 bits per heavy atom. The summed E-state index contributed by atoms with van der Waals surface area (Å²) in [5, 5.41) is -1.28. The molecule has 1 aliphatic carbocycles. The number of esters is 1. The van der Waals surface area contributed by atoms with Crippen LogP contribution < -0.4 is 0 Å². The van der Waals surface area contributed by atoms with Crippen molar-refractivity contribution in [2.45, 2.75) is 37.9 Å². The number of allylic oxidation sites excluding steroid dienone is 1. The fourth-order valence-electron chi connectivity index (χ4n) is 1.99. The number of rotatable bonds is 4. The number of hydrogen-bond donors (Lipinski definition) is 0. The fourth-order valence-corrected chi connectivity index (χ4v) is 3.72. The molecule has 1 aliphatic rings. The number of carbonyl (C=O) groups is 1. The lowest BCUT2D eigenvalue weighted by Crippen LogP contribution is -2.33. The minimum atomic E-state index is -3.50. The van der Waals surface area contributed by atoms with E-state index in [1.54, 1.807) is 6.08 Å². The van der Waals surface area contributed by atoms with Gasteiger partial charge in [0, 0.05) is 27.6 Å². The Balaban J connectivity index is 3.16. The highest BCUT2D eigenvalue weighted by Gasteiger charge is 2.51. The third kappa shape index (κ3) is 2.97. The molecule has 0 aromatic rings. The molecule has 0 aromatic carbocycles. The van der Waals surface area contributed by atoms with E-state index in [9.17, 15) is 9.36 Å². The average molecular weight is 262 g/mol. The minimum Gasteiger partial charge on any atom is -0.442 e. The molecule has 1 atom stereocenters. The molecule has 98 valence electrons. The molecular formula is C11H19O5P. The van der Waals surface area contributed by atoms with Crippen LogP contribution in [0.2, 0.25) is 0 Å². The summed E-state index contributed by atoms with van der Waals surface area (Å²) in [6, 6.07) is 0. The maximum atomic E-state index is 12.5. The van der Waals surface area contributed by atoms with Crippen molar-refractivity contribution in [1.29, 1.82) is 0 Å². The van der Waals surface area contributed by atoms with Gasteiger partial charge in [-0.05, 0) is 25.3 Å². The molecule has 6 heteroatoms. The Hall–Kier alpha value is -0.640. The quantitative estimate of drug-likeness (QED) is 0.443. The standard InChI is InChI=1S/C11H19O5P/c1-10(12)16-11(17(13,14-2)15-3)8-6-4-5-7-9-11/h6,8H,4-5,7,9H2,1-3H3. The molecule has 0 heterocycles. The van der Waals surface area contributed by atoms with E-state index < -0.39 is 18.9 Å². The monoisotopic (exact) mass is 262 g/mol. The van der Waals surface area contributed by atoms with Gasteiger partial charge in [-0.3, -0.25) is 9.36 Å². The van der Waals surface area contributed by atoms with E-state index in [0.717, 1.165) is 19.3 Å².